The number of piperidine rings is 1. The Morgan fingerprint density at radius 2 is 2.24 bits per heavy atom. The lowest BCUT2D eigenvalue weighted by Crippen LogP contribution is -2.51. The number of carbonyl (C=O) groups is 3. The number of likely N-dealkylation sites (tertiary alicyclic amines) is 1. The molecular weight excluding hydrogens is 226 g/mol. The summed E-state index contributed by atoms with van der Waals surface area (Å²) < 4.78 is 4.71. The highest BCUT2D eigenvalue weighted by Crippen LogP contribution is 2.16. The summed E-state index contributed by atoms with van der Waals surface area (Å²) in [6.07, 6.45) is -0.558. The lowest BCUT2D eigenvalue weighted by Gasteiger charge is -2.31. The SMILES string of the molecule is CCOC(=O)C1C(=O)CCN(C[C@@H](C)O)C1=O. The van der Waals surface area contributed by atoms with Gasteiger partial charge in [0.25, 0.3) is 0 Å². The van der Waals surface area contributed by atoms with Crippen molar-refractivity contribution in [1.82, 2.24) is 4.90 Å². The normalized spacial score (nSPS) is 22.5. The third-order valence-corrected chi connectivity index (χ3v) is 2.52. The molecule has 6 heteroatoms. The average molecular weight is 243 g/mol. The highest BCUT2D eigenvalue weighted by atomic mass is 16.5. The van der Waals surface area contributed by atoms with Crippen LogP contribution < -0.4 is 0 Å². The maximum Gasteiger partial charge on any atom is 0.326 e. The van der Waals surface area contributed by atoms with Crippen LogP contribution in [-0.2, 0) is 19.1 Å². The van der Waals surface area contributed by atoms with Crippen LogP contribution >= 0.6 is 0 Å². The largest absolute Gasteiger partial charge is 0.465 e. The molecule has 1 saturated heterocycles. The zero-order chi connectivity index (χ0) is 13.0. The number of ether oxygens (including phenoxy) is 1. The van der Waals surface area contributed by atoms with Gasteiger partial charge in [-0.2, -0.15) is 0 Å². The van der Waals surface area contributed by atoms with E-state index >= 15 is 0 Å². The first-order chi connectivity index (χ1) is 7.97. The summed E-state index contributed by atoms with van der Waals surface area (Å²) in [4.78, 5) is 36.2. The molecule has 0 saturated carbocycles. The molecule has 1 aliphatic rings. The van der Waals surface area contributed by atoms with Crippen LogP contribution in [-0.4, -0.2) is 53.5 Å². The van der Waals surface area contributed by atoms with Gasteiger partial charge in [-0.1, -0.05) is 0 Å². The Morgan fingerprint density at radius 1 is 1.59 bits per heavy atom. The van der Waals surface area contributed by atoms with Crippen molar-refractivity contribution in [2.24, 2.45) is 5.92 Å². The van der Waals surface area contributed by atoms with Crippen LogP contribution in [0.2, 0.25) is 0 Å². The molecule has 1 aliphatic heterocycles. The van der Waals surface area contributed by atoms with E-state index in [4.69, 9.17) is 4.74 Å². The van der Waals surface area contributed by atoms with Gasteiger partial charge in [0.05, 0.1) is 12.7 Å². The second kappa shape index (κ2) is 5.77. The minimum Gasteiger partial charge on any atom is -0.465 e. The summed E-state index contributed by atoms with van der Waals surface area (Å²) in [5, 5.41) is 9.22. The molecule has 2 atom stereocenters. The summed E-state index contributed by atoms with van der Waals surface area (Å²) in [6.45, 7) is 3.67. The maximum absolute atomic E-state index is 11.9. The van der Waals surface area contributed by atoms with Crippen molar-refractivity contribution in [3.05, 3.63) is 0 Å². The third kappa shape index (κ3) is 3.26. The Balaban J connectivity index is 2.76. The second-order valence-electron chi connectivity index (χ2n) is 4.03. The Kier molecular flexibility index (Phi) is 4.62. The van der Waals surface area contributed by atoms with Crippen molar-refractivity contribution < 1.29 is 24.2 Å². The second-order valence-corrected chi connectivity index (χ2v) is 4.03. The van der Waals surface area contributed by atoms with Crippen LogP contribution in [0.1, 0.15) is 20.3 Å². The smallest absolute Gasteiger partial charge is 0.326 e. The average Bonchev–Trinajstić information content (AvgIpc) is 2.22. The van der Waals surface area contributed by atoms with Gasteiger partial charge in [0.2, 0.25) is 5.91 Å². The minimum atomic E-state index is -1.34. The molecular formula is C11H17NO5. The number of aliphatic hydroxyl groups excluding tert-OH is 1. The van der Waals surface area contributed by atoms with Crippen molar-refractivity contribution in [3.63, 3.8) is 0 Å². The van der Waals surface area contributed by atoms with Gasteiger partial charge in [-0.15, -0.1) is 0 Å². The molecule has 0 aromatic carbocycles. The van der Waals surface area contributed by atoms with Crippen LogP contribution in [0.5, 0.6) is 0 Å². The van der Waals surface area contributed by atoms with E-state index in [0.717, 1.165) is 0 Å². The maximum atomic E-state index is 11.9. The zero-order valence-electron chi connectivity index (χ0n) is 10.0. The Bertz CT molecular complexity index is 326. The number of β-amino-alcohol motifs (C(OH)–C–C–N with tert-alkyl or cyclic N) is 1. The highest BCUT2D eigenvalue weighted by molar-refractivity contribution is 6.17. The number of Topliss-reactive ketones (excluding diaryl/α,β-unsaturated/α-hetero) is 1. The molecule has 1 heterocycles. The summed E-state index contributed by atoms with van der Waals surface area (Å²) in [6, 6.07) is 0. The Morgan fingerprint density at radius 3 is 2.76 bits per heavy atom. The minimum absolute atomic E-state index is 0.127. The zero-order valence-corrected chi connectivity index (χ0v) is 10.0. The lowest BCUT2D eigenvalue weighted by molar-refractivity contribution is -0.161. The number of aliphatic hydroxyl groups is 1. The molecule has 1 unspecified atom stereocenters. The van der Waals surface area contributed by atoms with Crippen LogP contribution in [0.3, 0.4) is 0 Å². The van der Waals surface area contributed by atoms with Crippen molar-refractivity contribution in [2.75, 3.05) is 19.7 Å². The fraction of sp³-hybridized carbons (Fsp3) is 0.727. The number of carbonyl (C=O) groups excluding carboxylic acids is 3. The standard InChI is InChI=1S/C11H17NO5/c1-3-17-11(16)9-8(14)4-5-12(10(9)15)6-7(2)13/h7,9,13H,3-6H2,1-2H3/t7-,9?/m1/s1. The quantitative estimate of drug-likeness (QED) is 0.524. The van der Waals surface area contributed by atoms with Crippen LogP contribution in [0.4, 0.5) is 0 Å². The summed E-state index contributed by atoms with van der Waals surface area (Å²) in [5.41, 5.74) is 0. The first kappa shape index (κ1) is 13.6. The molecule has 0 aromatic heterocycles. The molecule has 0 bridgehead atoms. The molecule has 0 spiro atoms. The van der Waals surface area contributed by atoms with E-state index in [1.165, 1.54) is 4.90 Å². The molecule has 6 nitrogen and oxygen atoms in total. The predicted octanol–water partition coefficient (Wildman–Crippen LogP) is -0.652. The summed E-state index contributed by atoms with van der Waals surface area (Å²) >= 11 is 0. The van der Waals surface area contributed by atoms with Crippen molar-refractivity contribution in [1.29, 1.82) is 0 Å². The van der Waals surface area contributed by atoms with E-state index in [1.54, 1.807) is 13.8 Å². The third-order valence-electron chi connectivity index (χ3n) is 2.52. The van der Waals surface area contributed by atoms with E-state index in [-0.39, 0.29) is 26.1 Å². The van der Waals surface area contributed by atoms with Gasteiger partial charge >= 0.3 is 5.97 Å². The number of hydrogen-bond donors (Lipinski definition) is 1. The summed E-state index contributed by atoms with van der Waals surface area (Å²) in [5.74, 6) is -3.11. The first-order valence-electron chi connectivity index (χ1n) is 5.63. The summed E-state index contributed by atoms with van der Waals surface area (Å²) in [7, 11) is 0. The van der Waals surface area contributed by atoms with Gasteiger partial charge in [0.15, 0.2) is 11.7 Å². The molecule has 17 heavy (non-hydrogen) atoms. The number of nitrogens with zero attached hydrogens (tertiary/aromatic N) is 1. The Labute approximate surface area is 99.5 Å². The van der Waals surface area contributed by atoms with Gasteiger partial charge in [-0.05, 0) is 13.8 Å². The van der Waals surface area contributed by atoms with Gasteiger partial charge in [0.1, 0.15) is 0 Å². The van der Waals surface area contributed by atoms with Crippen LogP contribution in [0.25, 0.3) is 0 Å². The number of hydrogen-bond acceptors (Lipinski definition) is 5. The van der Waals surface area contributed by atoms with Crippen LogP contribution in [0.15, 0.2) is 0 Å². The fourth-order valence-corrected chi connectivity index (χ4v) is 1.78. The van der Waals surface area contributed by atoms with E-state index < -0.39 is 29.7 Å². The van der Waals surface area contributed by atoms with Crippen molar-refractivity contribution in [3.8, 4) is 0 Å². The predicted molar refractivity (Wildman–Crippen MR) is 58.0 cm³/mol. The molecule has 1 N–H and O–H groups in total. The fourth-order valence-electron chi connectivity index (χ4n) is 1.78. The van der Waals surface area contributed by atoms with Gasteiger partial charge in [-0.25, -0.2) is 0 Å². The van der Waals surface area contributed by atoms with E-state index in [1.807, 2.05) is 0 Å². The molecule has 1 amide bonds. The van der Waals surface area contributed by atoms with E-state index in [0.29, 0.717) is 0 Å². The monoisotopic (exact) mass is 243 g/mol. The molecule has 1 fully saturated rings. The molecule has 1 rings (SSSR count). The van der Waals surface area contributed by atoms with Gasteiger partial charge < -0.3 is 14.7 Å². The number of rotatable bonds is 4. The van der Waals surface area contributed by atoms with E-state index in [9.17, 15) is 19.5 Å². The number of esters is 1. The van der Waals surface area contributed by atoms with E-state index in [2.05, 4.69) is 0 Å². The Hall–Kier alpha value is -1.43. The highest BCUT2D eigenvalue weighted by Gasteiger charge is 2.41. The van der Waals surface area contributed by atoms with Crippen LogP contribution in [0, 0.1) is 5.92 Å². The lowest BCUT2D eigenvalue weighted by atomic mass is 9.95. The topological polar surface area (TPSA) is 83.9 Å². The number of amides is 1. The van der Waals surface area contributed by atoms with Crippen molar-refractivity contribution >= 4 is 17.7 Å². The number of ketones is 1. The molecule has 0 radical (unpaired) electrons. The molecule has 0 aliphatic carbocycles. The van der Waals surface area contributed by atoms with Gasteiger partial charge in [-0.3, -0.25) is 14.4 Å². The molecule has 96 valence electrons. The molecule has 0 aromatic rings. The van der Waals surface area contributed by atoms with Gasteiger partial charge in [0, 0.05) is 19.5 Å². The van der Waals surface area contributed by atoms with Crippen molar-refractivity contribution in [2.45, 2.75) is 26.4 Å². The first-order valence-corrected chi connectivity index (χ1v) is 5.63.